The number of nitrogens with zero attached hydrogens (tertiary/aromatic N) is 2. The third kappa shape index (κ3) is 5.26. The van der Waals surface area contributed by atoms with Crippen molar-refractivity contribution in [2.45, 2.75) is 27.4 Å². The normalized spacial score (nSPS) is 16.5. The van der Waals surface area contributed by atoms with Crippen molar-refractivity contribution in [3.8, 4) is 11.5 Å². The largest absolute Gasteiger partial charge is 0.490 e. The van der Waals surface area contributed by atoms with Gasteiger partial charge in [0.15, 0.2) is 16.7 Å². The second-order valence-electron chi connectivity index (χ2n) is 6.45. The van der Waals surface area contributed by atoms with Gasteiger partial charge >= 0.3 is 0 Å². The number of likely N-dealkylation sites (N-methyl/N-ethyl adjacent to an activating group) is 1. The molecular weight excluding hydrogens is 464 g/mol. The Morgan fingerprint density at radius 3 is 2.57 bits per heavy atom. The van der Waals surface area contributed by atoms with Crippen molar-refractivity contribution >= 4 is 44.8 Å². The highest BCUT2D eigenvalue weighted by molar-refractivity contribution is 9.10. The zero-order chi connectivity index (χ0) is 21.5. The Balaban J connectivity index is 1.88. The van der Waals surface area contributed by atoms with E-state index in [2.05, 4.69) is 20.9 Å². The SMILES string of the molecule is CCN=C1S/C(=C\c2cc(Br)c(OCc3ccccc3)c(OCC)c2)C(=O)N1CC. The Hall–Kier alpha value is -2.25. The lowest BCUT2D eigenvalue weighted by molar-refractivity contribution is -0.122. The van der Waals surface area contributed by atoms with Gasteiger partial charge in [-0.3, -0.25) is 14.7 Å². The van der Waals surface area contributed by atoms with E-state index in [9.17, 15) is 4.79 Å². The summed E-state index contributed by atoms with van der Waals surface area (Å²) in [6.45, 7) is 8.05. The number of halogens is 1. The summed E-state index contributed by atoms with van der Waals surface area (Å²) in [5.74, 6) is 1.27. The number of carbonyl (C=O) groups is 1. The van der Waals surface area contributed by atoms with Crippen LogP contribution < -0.4 is 9.47 Å². The molecule has 5 nitrogen and oxygen atoms in total. The number of amides is 1. The number of amidine groups is 1. The Bertz CT molecular complexity index is 960. The molecule has 0 unspecified atom stereocenters. The van der Waals surface area contributed by atoms with Crippen molar-refractivity contribution in [2.24, 2.45) is 4.99 Å². The van der Waals surface area contributed by atoms with Crippen LogP contribution in [0.25, 0.3) is 6.08 Å². The second-order valence-corrected chi connectivity index (χ2v) is 8.32. The predicted octanol–water partition coefficient (Wildman–Crippen LogP) is 5.74. The van der Waals surface area contributed by atoms with Gasteiger partial charge in [-0.2, -0.15) is 0 Å². The third-order valence-corrected chi connectivity index (χ3v) is 5.99. The standard InChI is InChI=1S/C23H25BrN2O3S/c1-4-25-23-26(5-2)22(27)20(30-23)14-17-12-18(24)21(19(13-17)28-6-3)29-15-16-10-8-7-9-11-16/h7-14H,4-6,15H2,1-3H3/b20-14-,25-23?. The zero-order valence-corrected chi connectivity index (χ0v) is 19.8. The minimum Gasteiger partial charge on any atom is -0.490 e. The van der Waals surface area contributed by atoms with Crippen molar-refractivity contribution in [2.75, 3.05) is 19.7 Å². The molecule has 1 aliphatic heterocycles. The van der Waals surface area contributed by atoms with Crippen LogP contribution in [0.2, 0.25) is 0 Å². The van der Waals surface area contributed by atoms with E-state index in [1.807, 2.05) is 69.3 Å². The Morgan fingerprint density at radius 2 is 1.90 bits per heavy atom. The molecule has 1 saturated heterocycles. The average Bonchev–Trinajstić information content (AvgIpc) is 3.03. The minimum absolute atomic E-state index is 0.0202. The predicted molar refractivity (Wildman–Crippen MR) is 127 cm³/mol. The molecule has 0 N–H and O–H groups in total. The summed E-state index contributed by atoms with van der Waals surface area (Å²) >= 11 is 5.02. The Morgan fingerprint density at radius 1 is 1.13 bits per heavy atom. The second kappa shape index (κ2) is 10.7. The quantitative estimate of drug-likeness (QED) is 0.444. The molecule has 0 saturated carbocycles. The summed E-state index contributed by atoms with van der Waals surface area (Å²) in [7, 11) is 0. The van der Waals surface area contributed by atoms with Gasteiger partial charge < -0.3 is 9.47 Å². The van der Waals surface area contributed by atoms with E-state index in [1.54, 1.807) is 4.90 Å². The third-order valence-electron chi connectivity index (χ3n) is 4.35. The summed E-state index contributed by atoms with van der Waals surface area (Å²) in [4.78, 5) is 19.5. The number of hydrogen-bond acceptors (Lipinski definition) is 5. The molecule has 0 aromatic heterocycles. The molecular formula is C23H25BrN2O3S. The molecule has 1 amide bonds. The molecule has 0 atom stereocenters. The summed E-state index contributed by atoms with van der Waals surface area (Å²) in [5, 5.41) is 0.753. The van der Waals surface area contributed by atoms with E-state index < -0.39 is 0 Å². The number of hydrogen-bond donors (Lipinski definition) is 0. The van der Waals surface area contributed by atoms with Gasteiger partial charge in [-0.05, 0) is 77.8 Å². The topological polar surface area (TPSA) is 51.1 Å². The molecule has 0 spiro atoms. The number of benzene rings is 2. The van der Waals surface area contributed by atoms with Gasteiger partial charge in [-0.15, -0.1) is 0 Å². The van der Waals surface area contributed by atoms with E-state index in [4.69, 9.17) is 9.47 Å². The maximum Gasteiger partial charge on any atom is 0.266 e. The molecule has 1 heterocycles. The van der Waals surface area contributed by atoms with Gasteiger partial charge in [-0.1, -0.05) is 30.3 Å². The fourth-order valence-corrected chi connectivity index (χ4v) is 4.67. The molecule has 30 heavy (non-hydrogen) atoms. The first kappa shape index (κ1) is 22.4. The van der Waals surface area contributed by atoms with Crippen LogP contribution in [0.3, 0.4) is 0 Å². The zero-order valence-electron chi connectivity index (χ0n) is 17.4. The highest BCUT2D eigenvalue weighted by Gasteiger charge is 2.31. The Kier molecular flexibility index (Phi) is 7.99. The number of carbonyl (C=O) groups excluding carboxylic acids is 1. The van der Waals surface area contributed by atoms with Crippen LogP contribution in [-0.2, 0) is 11.4 Å². The van der Waals surface area contributed by atoms with Crippen LogP contribution in [0.5, 0.6) is 11.5 Å². The number of aliphatic imine (C=N–C) groups is 1. The molecule has 0 aliphatic carbocycles. The van der Waals surface area contributed by atoms with E-state index in [1.165, 1.54) is 11.8 Å². The van der Waals surface area contributed by atoms with E-state index in [0.29, 0.717) is 42.7 Å². The van der Waals surface area contributed by atoms with Crippen molar-refractivity contribution < 1.29 is 14.3 Å². The van der Waals surface area contributed by atoms with Gasteiger partial charge in [-0.25, -0.2) is 0 Å². The first-order valence-corrected chi connectivity index (χ1v) is 11.6. The molecule has 7 heteroatoms. The van der Waals surface area contributed by atoms with Gasteiger partial charge in [0.1, 0.15) is 6.61 Å². The van der Waals surface area contributed by atoms with Crippen LogP contribution in [0.4, 0.5) is 0 Å². The first-order valence-electron chi connectivity index (χ1n) is 9.96. The molecule has 3 rings (SSSR count). The minimum atomic E-state index is -0.0202. The van der Waals surface area contributed by atoms with Crippen molar-refractivity contribution in [1.29, 1.82) is 0 Å². The average molecular weight is 489 g/mol. The molecule has 0 radical (unpaired) electrons. The smallest absolute Gasteiger partial charge is 0.266 e. The molecule has 0 bridgehead atoms. The van der Waals surface area contributed by atoms with Crippen LogP contribution in [0, 0.1) is 0 Å². The fourth-order valence-electron chi connectivity index (χ4n) is 3.00. The molecule has 2 aromatic rings. The highest BCUT2D eigenvalue weighted by Crippen LogP contribution is 2.39. The van der Waals surface area contributed by atoms with Crippen molar-refractivity contribution in [3.05, 3.63) is 63.0 Å². The maximum atomic E-state index is 12.7. The van der Waals surface area contributed by atoms with Gasteiger partial charge in [0.2, 0.25) is 0 Å². The van der Waals surface area contributed by atoms with Gasteiger partial charge in [0.05, 0.1) is 16.0 Å². The summed E-state index contributed by atoms with van der Waals surface area (Å²) in [6, 6.07) is 13.8. The van der Waals surface area contributed by atoms with Crippen LogP contribution in [0.15, 0.2) is 56.8 Å². The first-order chi connectivity index (χ1) is 14.6. The summed E-state index contributed by atoms with van der Waals surface area (Å²) < 4.78 is 12.7. The maximum absolute atomic E-state index is 12.7. The lowest BCUT2D eigenvalue weighted by Gasteiger charge is -2.15. The molecule has 1 aliphatic rings. The lowest BCUT2D eigenvalue weighted by atomic mass is 10.1. The molecule has 1 fully saturated rings. The fraction of sp³-hybridized carbons (Fsp3) is 0.304. The van der Waals surface area contributed by atoms with Crippen molar-refractivity contribution in [3.63, 3.8) is 0 Å². The van der Waals surface area contributed by atoms with Gasteiger partial charge in [0.25, 0.3) is 5.91 Å². The van der Waals surface area contributed by atoms with Crippen LogP contribution in [0.1, 0.15) is 31.9 Å². The van der Waals surface area contributed by atoms with E-state index in [-0.39, 0.29) is 5.91 Å². The molecule has 2 aromatic carbocycles. The highest BCUT2D eigenvalue weighted by atomic mass is 79.9. The monoisotopic (exact) mass is 488 g/mol. The lowest BCUT2D eigenvalue weighted by Crippen LogP contribution is -2.28. The Labute approximate surface area is 190 Å². The van der Waals surface area contributed by atoms with Crippen LogP contribution >= 0.6 is 27.7 Å². The number of ether oxygens (including phenoxy) is 2. The molecule has 158 valence electrons. The number of thioether (sulfide) groups is 1. The van der Waals surface area contributed by atoms with Gasteiger partial charge in [0, 0.05) is 13.1 Å². The van der Waals surface area contributed by atoms with Crippen molar-refractivity contribution in [1.82, 2.24) is 4.90 Å². The van der Waals surface area contributed by atoms with E-state index >= 15 is 0 Å². The van der Waals surface area contributed by atoms with E-state index in [0.717, 1.165) is 20.8 Å². The van der Waals surface area contributed by atoms with Crippen LogP contribution in [-0.4, -0.2) is 35.7 Å². The summed E-state index contributed by atoms with van der Waals surface area (Å²) in [6.07, 6.45) is 1.88. The number of rotatable bonds is 8. The summed E-state index contributed by atoms with van der Waals surface area (Å²) in [5.41, 5.74) is 1.94.